The lowest BCUT2D eigenvalue weighted by atomic mass is 10.1. The van der Waals surface area contributed by atoms with E-state index in [-0.39, 0.29) is 25.7 Å². The standard InChI is InChI=1S/C14H25N3O5/c1-9(2)15-11(18)10-8-16(6-7-17(10)12(19)20)13(21)22-14(3,4)5/h9-10H,6-8H2,1-5H3,(H,15,18)(H,19,20). The number of nitrogens with one attached hydrogen (secondary N) is 1. The molecule has 8 nitrogen and oxygen atoms in total. The van der Waals surface area contributed by atoms with E-state index in [0.29, 0.717) is 0 Å². The van der Waals surface area contributed by atoms with E-state index in [1.807, 2.05) is 0 Å². The Morgan fingerprint density at radius 3 is 2.27 bits per heavy atom. The second-order valence-electron chi connectivity index (χ2n) is 6.58. The summed E-state index contributed by atoms with van der Waals surface area (Å²) in [7, 11) is 0. The van der Waals surface area contributed by atoms with Gasteiger partial charge in [-0.15, -0.1) is 0 Å². The Balaban J connectivity index is 2.82. The Bertz CT molecular complexity index is 444. The molecule has 1 atom stereocenters. The number of carbonyl (C=O) groups excluding carboxylic acids is 2. The molecule has 22 heavy (non-hydrogen) atoms. The van der Waals surface area contributed by atoms with Gasteiger partial charge in [-0.25, -0.2) is 9.59 Å². The highest BCUT2D eigenvalue weighted by atomic mass is 16.6. The van der Waals surface area contributed by atoms with Gasteiger partial charge in [0, 0.05) is 19.1 Å². The Labute approximate surface area is 130 Å². The van der Waals surface area contributed by atoms with Gasteiger partial charge < -0.3 is 20.1 Å². The van der Waals surface area contributed by atoms with Crippen molar-refractivity contribution in [3.05, 3.63) is 0 Å². The molecule has 2 N–H and O–H groups in total. The summed E-state index contributed by atoms with van der Waals surface area (Å²) in [6.45, 7) is 9.09. The monoisotopic (exact) mass is 315 g/mol. The smallest absolute Gasteiger partial charge is 0.410 e. The van der Waals surface area contributed by atoms with Crippen molar-refractivity contribution in [2.45, 2.75) is 52.3 Å². The van der Waals surface area contributed by atoms with Gasteiger partial charge in [0.15, 0.2) is 0 Å². The lowest BCUT2D eigenvalue weighted by Crippen LogP contribution is -2.62. The fraction of sp³-hybridized carbons (Fsp3) is 0.786. The molecule has 3 amide bonds. The molecule has 0 aromatic carbocycles. The first-order valence-electron chi connectivity index (χ1n) is 7.29. The lowest BCUT2D eigenvalue weighted by molar-refractivity contribution is -0.128. The lowest BCUT2D eigenvalue weighted by Gasteiger charge is -2.39. The van der Waals surface area contributed by atoms with Gasteiger partial charge >= 0.3 is 12.2 Å². The molecule has 8 heteroatoms. The molecule has 0 saturated carbocycles. The Morgan fingerprint density at radius 2 is 1.82 bits per heavy atom. The van der Waals surface area contributed by atoms with Crippen molar-refractivity contribution in [2.24, 2.45) is 0 Å². The van der Waals surface area contributed by atoms with Crippen molar-refractivity contribution in [3.63, 3.8) is 0 Å². The van der Waals surface area contributed by atoms with Crippen molar-refractivity contribution in [1.29, 1.82) is 0 Å². The largest absolute Gasteiger partial charge is 0.465 e. The summed E-state index contributed by atoms with van der Waals surface area (Å²) < 4.78 is 5.27. The summed E-state index contributed by atoms with van der Waals surface area (Å²) in [4.78, 5) is 38.0. The van der Waals surface area contributed by atoms with Crippen LogP contribution in [-0.2, 0) is 9.53 Å². The van der Waals surface area contributed by atoms with E-state index in [1.54, 1.807) is 34.6 Å². The molecule has 126 valence electrons. The molecule has 0 radical (unpaired) electrons. The third-order valence-corrected chi connectivity index (χ3v) is 3.01. The summed E-state index contributed by atoms with van der Waals surface area (Å²) in [5.74, 6) is -0.411. The predicted octanol–water partition coefficient (Wildman–Crippen LogP) is 1.11. The number of carboxylic acid groups (broad SMARTS) is 1. The van der Waals surface area contributed by atoms with Crippen LogP contribution in [0, 0.1) is 0 Å². The van der Waals surface area contributed by atoms with Gasteiger partial charge in [-0.3, -0.25) is 9.69 Å². The average molecular weight is 315 g/mol. The first-order chi connectivity index (χ1) is 10.0. The quantitative estimate of drug-likeness (QED) is 0.795. The fourth-order valence-electron chi connectivity index (χ4n) is 2.11. The molecule has 1 fully saturated rings. The van der Waals surface area contributed by atoms with Gasteiger partial charge in [0.05, 0.1) is 6.54 Å². The topological polar surface area (TPSA) is 99.2 Å². The van der Waals surface area contributed by atoms with Gasteiger partial charge in [-0.05, 0) is 34.6 Å². The summed E-state index contributed by atoms with van der Waals surface area (Å²) in [6.07, 6.45) is -1.72. The van der Waals surface area contributed by atoms with Crippen molar-refractivity contribution in [3.8, 4) is 0 Å². The van der Waals surface area contributed by atoms with Crippen LogP contribution in [0.2, 0.25) is 0 Å². The van der Waals surface area contributed by atoms with Crippen LogP contribution in [0.1, 0.15) is 34.6 Å². The van der Waals surface area contributed by atoms with Crippen LogP contribution in [0.25, 0.3) is 0 Å². The van der Waals surface area contributed by atoms with E-state index in [4.69, 9.17) is 4.74 Å². The zero-order chi connectivity index (χ0) is 17.1. The molecule has 0 aromatic rings. The maximum atomic E-state index is 12.2. The van der Waals surface area contributed by atoms with Crippen LogP contribution in [-0.4, -0.2) is 70.3 Å². The van der Waals surface area contributed by atoms with Crippen LogP contribution in [0.15, 0.2) is 0 Å². The number of ether oxygens (including phenoxy) is 1. The molecule has 1 aliphatic heterocycles. The van der Waals surface area contributed by atoms with E-state index < -0.39 is 29.7 Å². The molecule has 1 rings (SSSR count). The first-order valence-corrected chi connectivity index (χ1v) is 7.29. The van der Waals surface area contributed by atoms with Crippen molar-refractivity contribution >= 4 is 18.1 Å². The Morgan fingerprint density at radius 1 is 1.23 bits per heavy atom. The van der Waals surface area contributed by atoms with Crippen LogP contribution in [0.4, 0.5) is 9.59 Å². The summed E-state index contributed by atoms with van der Waals surface area (Å²) in [5.41, 5.74) is -0.642. The molecule has 0 spiro atoms. The van der Waals surface area contributed by atoms with Gasteiger partial charge in [-0.1, -0.05) is 0 Å². The molecule has 0 aliphatic carbocycles. The van der Waals surface area contributed by atoms with Crippen molar-refractivity contribution in [2.75, 3.05) is 19.6 Å². The molecule has 0 aromatic heterocycles. The summed E-state index contributed by atoms with van der Waals surface area (Å²) in [5, 5.41) is 11.9. The second-order valence-corrected chi connectivity index (χ2v) is 6.58. The van der Waals surface area contributed by atoms with Gasteiger partial charge in [0.1, 0.15) is 11.6 Å². The predicted molar refractivity (Wildman–Crippen MR) is 79.6 cm³/mol. The Hall–Kier alpha value is -1.99. The molecule has 1 aliphatic rings. The molecular formula is C14H25N3O5. The Kier molecular flexibility index (Phi) is 5.62. The van der Waals surface area contributed by atoms with E-state index >= 15 is 0 Å². The highest BCUT2D eigenvalue weighted by Crippen LogP contribution is 2.15. The normalized spacial score (nSPS) is 19.1. The fourth-order valence-corrected chi connectivity index (χ4v) is 2.11. The minimum absolute atomic E-state index is 0.0141. The van der Waals surface area contributed by atoms with Crippen LogP contribution < -0.4 is 5.32 Å². The molecular weight excluding hydrogens is 290 g/mol. The minimum Gasteiger partial charge on any atom is -0.465 e. The minimum atomic E-state index is -1.17. The van der Waals surface area contributed by atoms with Crippen LogP contribution >= 0.6 is 0 Å². The third-order valence-electron chi connectivity index (χ3n) is 3.01. The number of nitrogens with zero attached hydrogens (tertiary/aromatic N) is 2. The highest BCUT2D eigenvalue weighted by Gasteiger charge is 2.38. The summed E-state index contributed by atoms with van der Waals surface area (Å²) in [6, 6.07) is -1.04. The van der Waals surface area contributed by atoms with Gasteiger partial charge in [0.2, 0.25) is 5.91 Å². The molecule has 1 unspecified atom stereocenters. The van der Waals surface area contributed by atoms with Crippen LogP contribution in [0.3, 0.4) is 0 Å². The van der Waals surface area contributed by atoms with Crippen molar-refractivity contribution in [1.82, 2.24) is 15.1 Å². The second kappa shape index (κ2) is 6.85. The first kappa shape index (κ1) is 18.1. The van der Waals surface area contributed by atoms with Crippen molar-refractivity contribution < 1.29 is 24.2 Å². The SMILES string of the molecule is CC(C)NC(=O)C1CN(C(=O)OC(C)(C)C)CCN1C(=O)O. The van der Waals surface area contributed by atoms with E-state index in [9.17, 15) is 19.5 Å². The molecule has 0 bridgehead atoms. The highest BCUT2D eigenvalue weighted by molar-refractivity contribution is 5.86. The number of carbonyl (C=O) groups is 3. The number of hydrogen-bond donors (Lipinski definition) is 2. The molecule has 1 heterocycles. The van der Waals surface area contributed by atoms with E-state index in [1.165, 1.54) is 4.90 Å². The van der Waals surface area contributed by atoms with E-state index in [0.717, 1.165) is 4.90 Å². The number of hydrogen-bond acceptors (Lipinski definition) is 4. The van der Waals surface area contributed by atoms with Gasteiger partial charge in [0.25, 0.3) is 0 Å². The number of piperazine rings is 1. The maximum Gasteiger partial charge on any atom is 0.410 e. The number of amides is 3. The van der Waals surface area contributed by atoms with E-state index in [2.05, 4.69) is 5.32 Å². The zero-order valence-corrected chi connectivity index (χ0v) is 13.8. The summed E-state index contributed by atoms with van der Waals surface area (Å²) >= 11 is 0. The van der Waals surface area contributed by atoms with Gasteiger partial charge in [-0.2, -0.15) is 0 Å². The average Bonchev–Trinajstić information content (AvgIpc) is 2.34. The third kappa shape index (κ3) is 5.09. The zero-order valence-electron chi connectivity index (χ0n) is 13.8. The molecule has 1 saturated heterocycles. The van der Waals surface area contributed by atoms with Crippen LogP contribution in [0.5, 0.6) is 0 Å². The number of rotatable bonds is 2. The maximum absolute atomic E-state index is 12.2.